The van der Waals surface area contributed by atoms with Gasteiger partial charge in [0.2, 0.25) is 0 Å². The third-order valence-electron chi connectivity index (χ3n) is 2.89. The summed E-state index contributed by atoms with van der Waals surface area (Å²) in [6, 6.07) is 0. The second-order valence-electron chi connectivity index (χ2n) is 4.21. The van der Waals surface area contributed by atoms with Crippen LogP contribution in [0.4, 0.5) is 0 Å². The Labute approximate surface area is 89.8 Å². The highest BCUT2D eigenvalue weighted by Crippen LogP contribution is 2.17. The zero-order valence-electron chi connectivity index (χ0n) is 9.36. The van der Waals surface area contributed by atoms with E-state index >= 15 is 0 Å². The van der Waals surface area contributed by atoms with Gasteiger partial charge in [-0.1, -0.05) is 0 Å². The van der Waals surface area contributed by atoms with Crippen LogP contribution in [0.5, 0.6) is 0 Å². The molecule has 0 saturated carbocycles. The van der Waals surface area contributed by atoms with E-state index in [9.17, 15) is 0 Å². The first-order chi connectivity index (χ1) is 7.23. The fourth-order valence-corrected chi connectivity index (χ4v) is 1.79. The van der Waals surface area contributed by atoms with Gasteiger partial charge >= 0.3 is 0 Å². The monoisotopic (exact) mass is 210 g/mol. The zero-order valence-corrected chi connectivity index (χ0v) is 9.36. The van der Waals surface area contributed by atoms with E-state index in [1.807, 2.05) is 4.68 Å². The first-order valence-electron chi connectivity index (χ1n) is 5.43. The summed E-state index contributed by atoms with van der Waals surface area (Å²) in [6.07, 6.45) is 2.67. The average molecular weight is 210 g/mol. The van der Waals surface area contributed by atoms with Gasteiger partial charge in [0.25, 0.3) is 0 Å². The molecule has 1 aliphatic heterocycles. The summed E-state index contributed by atoms with van der Waals surface area (Å²) in [6.45, 7) is 7.51. The van der Waals surface area contributed by atoms with E-state index in [0.717, 1.165) is 38.5 Å². The first kappa shape index (κ1) is 10.6. The highest BCUT2D eigenvalue weighted by molar-refractivity contribution is 4.91. The molecule has 0 radical (unpaired) electrons. The van der Waals surface area contributed by atoms with Crippen molar-refractivity contribution in [3.63, 3.8) is 0 Å². The maximum atomic E-state index is 5.38. The Morgan fingerprint density at radius 3 is 3.20 bits per heavy atom. The van der Waals surface area contributed by atoms with Gasteiger partial charge in [-0.15, -0.1) is 0 Å². The number of rotatable bonds is 4. The number of ether oxygens (including phenoxy) is 1. The van der Waals surface area contributed by atoms with Crippen LogP contribution in [0.15, 0.2) is 6.33 Å². The van der Waals surface area contributed by atoms with Gasteiger partial charge in [-0.3, -0.25) is 0 Å². The van der Waals surface area contributed by atoms with Crippen LogP contribution in [0.25, 0.3) is 0 Å². The van der Waals surface area contributed by atoms with Crippen LogP contribution in [0.3, 0.4) is 0 Å². The minimum absolute atomic E-state index is 0.102. The van der Waals surface area contributed by atoms with Crippen LogP contribution in [-0.4, -0.2) is 33.5 Å². The Morgan fingerprint density at radius 2 is 2.53 bits per heavy atom. The fraction of sp³-hybridized carbons (Fsp3) is 0.800. The maximum absolute atomic E-state index is 5.38. The maximum Gasteiger partial charge on any atom is 0.140 e. The van der Waals surface area contributed by atoms with E-state index in [-0.39, 0.29) is 5.54 Å². The van der Waals surface area contributed by atoms with E-state index in [0.29, 0.717) is 0 Å². The molecule has 0 bridgehead atoms. The van der Waals surface area contributed by atoms with Gasteiger partial charge in [-0.2, -0.15) is 5.10 Å². The van der Waals surface area contributed by atoms with Crippen molar-refractivity contribution in [2.75, 3.05) is 13.2 Å². The van der Waals surface area contributed by atoms with Crippen molar-refractivity contribution in [3.05, 3.63) is 12.2 Å². The fourth-order valence-electron chi connectivity index (χ4n) is 1.79. The predicted molar refractivity (Wildman–Crippen MR) is 56.4 cm³/mol. The van der Waals surface area contributed by atoms with Crippen molar-refractivity contribution >= 4 is 0 Å². The quantitative estimate of drug-likeness (QED) is 0.789. The van der Waals surface area contributed by atoms with E-state index in [4.69, 9.17) is 4.74 Å². The molecule has 0 amide bonds. The lowest BCUT2D eigenvalue weighted by Gasteiger charge is -2.23. The highest BCUT2D eigenvalue weighted by atomic mass is 16.5. The van der Waals surface area contributed by atoms with Gasteiger partial charge in [0.05, 0.1) is 13.2 Å². The third-order valence-corrected chi connectivity index (χ3v) is 2.89. The minimum Gasteiger partial charge on any atom is -0.379 e. The van der Waals surface area contributed by atoms with Gasteiger partial charge < -0.3 is 10.1 Å². The number of hydrogen-bond acceptors (Lipinski definition) is 4. The molecule has 1 aliphatic rings. The van der Waals surface area contributed by atoms with Crippen LogP contribution in [-0.2, 0) is 17.8 Å². The molecule has 1 N–H and O–H groups in total. The van der Waals surface area contributed by atoms with E-state index in [1.54, 1.807) is 6.33 Å². The van der Waals surface area contributed by atoms with Gasteiger partial charge in [0.15, 0.2) is 0 Å². The second kappa shape index (κ2) is 4.28. The lowest BCUT2D eigenvalue weighted by atomic mass is 10.0. The summed E-state index contributed by atoms with van der Waals surface area (Å²) in [5.41, 5.74) is 0.102. The molecular formula is C10H18N4O. The molecule has 1 unspecified atom stereocenters. The number of nitrogens with one attached hydrogen (secondary N) is 1. The molecule has 5 nitrogen and oxygen atoms in total. The molecule has 0 aromatic carbocycles. The zero-order chi connectivity index (χ0) is 10.7. The normalized spacial score (nSPS) is 26.0. The van der Waals surface area contributed by atoms with Crippen LogP contribution >= 0.6 is 0 Å². The Morgan fingerprint density at radius 1 is 1.67 bits per heavy atom. The predicted octanol–water partition coefficient (Wildman–Crippen LogP) is 0.567. The molecular weight excluding hydrogens is 192 g/mol. The summed E-state index contributed by atoms with van der Waals surface area (Å²) in [5.74, 6) is 0.991. The van der Waals surface area contributed by atoms with Crippen molar-refractivity contribution in [2.45, 2.75) is 38.9 Å². The molecule has 2 heterocycles. The minimum atomic E-state index is 0.102. The SMILES string of the molecule is CCn1ncnc1CNC1(C)CCOC1. The van der Waals surface area contributed by atoms with E-state index < -0.39 is 0 Å². The van der Waals surface area contributed by atoms with Crippen molar-refractivity contribution in [1.82, 2.24) is 20.1 Å². The molecule has 5 heteroatoms. The van der Waals surface area contributed by atoms with Crippen LogP contribution in [0.1, 0.15) is 26.1 Å². The van der Waals surface area contributed by atoms with Crippen molar-refractivity contribution in [2.24, 2.45) is 0 Å². The standard InChI is InChI=1S/C10H18N4O/c1-3-14-9(11-8-13-14)6-12-10(2)4-5-15-7-10/h8,12H,3-7H2,1-2H3. The van der Waals surface area contributed by atoms with Crippen LogP contribution < -0.4 is 5.32 Å². The van der Waals surface area contributed by atoms with E-state index in [1.165, 1.54) is 0 Å². The Bertz CT molecular complexity index is 317. The summed E-state index contributed by atoms with van der Waals surface area (Å²) >= 11 is 0. The number of aryl methyl sites for hydroxylation is 1. The summed E-state index contributed by atoms with van der Waals surface area (Å²) < 4.78 is 7.29. The summed E-state index contributed by atoms with van der Waals surface area (Å²) in [5, 5.41) is 7.62. The van der Waals surface area contributed by atoms with Crippen molar-refractivity contribution < 1.29 is 4.74 Å². The van der Waals surface area contributed by atoms with Gasteiger partial charge in [-0.05, 0) is 20.3 Å². The highest BCUT2D eigenvalue weighted by Gasteiger charge is 2.29. The second-order valence-corrected chi connectivity index (χ2v) is 4.21. The van der Waals surface area contributed by atoms with E-state index in [2.05, 4.69) is 29.2 Å². The third kappa shape index (κ3) is 2.35. The summed E-state index contributed by atoms with van der Waals surface area (Å²) in [4.78, 5) is 4.23. The number of hydrogen-bond donors (Lipinski definition) is 1. The molecule has 84 valence electrons. The molecule has 0 spiro atoms. The Hall–Kier alpha value is -0.940. The topological polar surface area (TPSA) is 52.0 Å². The largest absolute Gasteiger partial charge is 0.379 e. The molecule has 1 saturated heterocycles. The number of nitrogens with zero attached hydrogens (tertiary/aromatic N) is 3. The summed E-state index contributed by atoms with van der Waals surface area (Å²) in [7, 11) is 0. The molecule has 15 heavy (non-hydrogen) atoms. The van der Waals surface area contributed by atoms with Crippen LogP contribution in [0, 0.1) is 0 Å². The van der Waals surface area contributed by atoms with Crippen LogP contribution in [0.2, 0.25) is 0 Å². The Kier molecular flexibility index (Phi) is 3.02. The van der Waals surface area contributed by atoms with Gasteiger partial charge in [-0.25, -0.2) is 9.67 Å². The number of aromatic nitrogens is 3. The van der Waals surface area contributed by atoms with Crippen molar-refractivity contribution in [3.8, 4) is 0 Å². The smallest absolute Gasteiger partial charge is 0.140 e. The molecule has 1 aromatic heterocycles. The lowest BCUT2D eigenvalue weighted by Crippen LogP contribution is -2.42. The molecule has 2 rings (SSSR count). The average Bonchev–Trinajstić information content (AvgIpc) is 2.84. The first-order valence-corrected chi connectivity index (χ1v) is 5.43. The van der Waals surface area contributed by atoms with Gasteiger partial charge in [0.1, 0.15) is 12.2 Å². The molecule has 0 aliphatic carbocycles. The molecule has 1 aromatic rings. The lowest BCUT2D eigenvalue weighted by molar-refractivity contribution is 0.170. The van der Waals surface area contributed by atoms with Crippen molar-refractivity contribution in [1.29, 1.82) is 0 Å². The molecule has 1 fully saturated rings. The molecule has 1 atom stereocenters. The van der Waals surface area contributed by atoms with Gasteiger partial charge in [0, 0.05) is 18.7 Å². The Balaban J connectivity index is 1.92.